The van der Waals surface area contributed by atoms with Gasteiger partial charge in [0.1, 0.15) is 12.5 Å². The summed E-state index contributed by atoms with van der Waals surface area (Å²) in [6, 6.07) is 10.9. The Morgan fingerprint density at radius 1 is 1.07 bits per heavy atom. The number of hydrogen-bond acceptors (Lipinski definition) is 3. The first-order chi connectivity index (χ1) is 13.6. The van der Waals surface area contributed by atoms with Gasteiger partial charge in [-0.3, -0.25) is 9.59 Å². The summed E-state index contributed by atoms with van der Waals surface area (Å²) in [6.45, 7) is 7.67. The molecule has 2 atom stereocenters. The van der Waals surface area contributed by atoms with Crippen LogP contribution in [0.1, 0.15) is 38.2 Å². The van der Waals surface area contributed by atoms with Gasteiger partial charge in [-0.2, -0.15) is 0 Å². The molecule has 2 heterocycles. The summed E-state index contributed by atoms with van der Waals surface area (Å²) in [6.07, 6.45) is 3.93. The molecule has 2 aliphatic heterocycles. The van der Waals surface area contributed by atoms with Crippen molar-refractivity contribution in [2.24, 2.45) is 5.92 Å². The Hall–Kier alpha value is -1.92. The molecule has 6 nitrogen and oxygen atoms in total. The molecule has 28 heavy (non-hydrogen) atoms. The van der Waals surface area contributed by atoms with Crippen LogP contribution in [0.15, 0.2) is 30.3 Å². The summed E-state index contributed by atoms with van der Waals surface area (Å²) in [5.74, 6) is -0.0359. The van der Waals surface area contributed by atoms with E-state index in [-0.39, 0.29) is 23.8 Å². The quantitative estimate of drug-likeness (QED) is 0.536. The zero-order valence-corrected chi connectivity index (χ0v) is 17.0. The highest BCUT2D eigenvalue weighted by Gasteiger charge is 2.31. The van der Waals surface area contributed by atoms with Gasteiger partial charge in [-0.25, -0.2) is 0 Å². The Bertz CT molecular complexity index is 629. The fourth-order valence-corrected chi connectivity index (χ4v) is 4.51. The third-order valence-electron chi connectivity index (χ3n) is 6.00. The largest absolute Gasteiger partial charge is 0.466 e. The summed E-state index contributed by atoms with van der Waals surface area (Å²) in [7, 11) is 0. The number of esters is 1. The van der Waals surface area contributed by atoms with E-state index in [9.17, 15) is 9.59 Å². The third-order valence-corrected chi connectivity index (χ3v) is 6.00. The standard InChI is InChI=1S/C22H33N3O3/c1-2-28-22(27)19-9-6-12-25(16-19)17-21(26)23-20-10-13-24(14-11-20)15-18-7-4-3-5-8-18/h3-5,7-8,19-20H,2,6,9-17H2,1H3,(H,23,26)/p+2/t19-/m1/s1. The first-order valence-electron chi connectivity index (χ1n) is 10.8. The number of piperidine rings is 2. The van der Waals surface area contributed by atoms with Crippen LogP contribution in [0.25, 0.3) is 0 Å². The smallest absolute Gasteiger partial charge is 0.314 e. The van der Waals surface area contributed by atoms with E-state index in [1.165, 1.54) is 10.5 Å². The van der Waals surface area contributed by atoms with E-state index in [2.05, 4.69) is 35.6 Å². The summed E-state index contributed by atoms with van der Waals surface area (Å²) < 4.78 is 5.15. The van der Waals surface area contributed by atoms with Crippen LogP contribution in [0.3, 0.4) is 0 Å². The predicted octanol–water partition coefficient (Wildman–Crippen LogP) is -0.792. The molecule has 1 amide bonds. The molecule has 154 valence electrons. The van der Waals surface area contributed by atoms with E-state index in [0.717, 1.165) is 51.9 Å². The molecule has 0 bridgehead atoms. The molecule has 0 radical (unpaired) electrons. The van der Waals surface area contributed by atoms with Gasteiger partial charge in [0.25, 0.3) is 5.91 Å². The lowest BCUT2D eigenvalue weighted by atomic mass is 9.98. The lowest BCUT2D eigenvalue weighted by Crippen LogP contribution is -3.15. The number of hydrogen-bond donors (Lipinski definition) is 3. The van der Waals surface area contributed by atoms with Gasteiger partial charge in [-0.15, -0.1) is 0 Å². The molecular weight excluding hydrogens is 354 g/mol. The van der Waals surface area contributed by atoms with Crippen molar-refractivity contribution in [2.45, 2.75) is 45.2 Å². The van der Waals surface area contributed by atoms with Crippen molar-refractivity contribution in [1.29, 1.82) is 0 Å². The predicted molar refractivity (Wildman–Crippen MR) is 107 cm³/mol. The minimum absolute atomic E-state index is 0.0543. The highest BCUT2D eigenvalue weighted by atomic mass is 16.5. The Balaban J connectivity index is 1.37. The van der Waals surface area contributed by atoms with E-state index < -0.39 is 0 Å². The number of carbonyl (C=O) groups is 2. The monoisotopic (exact) mass is 389 g/mol. The summed E-state index contributed by atoms with van der Waals surface area (Å²) in [5.41, 5.74) is 1.38. The molecule has 0 saturated carbocycles. The number of benzene rings is 1. The highest BCUT2D eigenvalue weighted by Crippen LogP contribution is 2.09. The second kappa shape index (κ2) is 10.6. The molecule has 2 fully saturated rings. The SMILES string of the molecule is CCOC(=O)[C@@H]1CCC[NH+](CC(=O)NC2CC[NH+](Cc3ccccc3)CC2)C1. The first-order valence-corrected chi connectivity index (χ1v) is 10.8. The summed E-state index contributed by atoms with van der Waals surface area (Å²) in [4.78, 5) is 27.3. The highest BCUT2D eigenvalue weighted by molar-refractivity contribution is 5.77. The van der Waals surface area contributed by atoms with Crippen molar-refractivity contribution in [2.75, 3.05) is 39.3 Å². The van der Waals surface area contributed by atoms with E-state index in [1.54, 1.807) is 4.90 Å². The Kier molecular flexibility index (Phi) is 7.86. The van der Waals surface area contributed by atoms with Gasteiger partial charge in [0.2, 0.25) is 0 Å². The van der Waals surface area contributed by atoms with E-state index in [1.807, 2.05) is 6.92 Å². The average molecular weight is 390 g/mol. The van der Waals surface area contributed by atoms with Crippen LogP contribution < -0.4 is 15.1 Å². The van der Waals surface area contributed by atoms with Crippen molar-refractivity contribution >= 4 is 11.9 Å². The van der Waals surface area contributed by atoms with Crippen LogP contribution in [-0.4, -0.2) is 57.2 Å². The number of rotatable bonds is 7. The van der Waals surface area contributed by atoms with Gasteiger partial charge in [0.05, 0.1) is 32.8 Å². The van der Waals surface area contributed by atoms with Crippen LogP contribution in [0, 0.1) is 5.92 Å². The summed E-state index contributed by atoms with van der Waals surface area (Å²) in [5, 5.41) is 3.23. The Labute approximate surface area is 168 Å². The summed E-state index contributed by atoms with van der Waals surface area (Å²) >= 11 is 0. The van der Waals surface area contributed by atoms with Crippen LogP contribution >= 0.6 is 0 Å². The van der Waals surface area contributed by atoms with Gasteiger partial charge in [-0.05, 0) is 19.8 Å². The lowest BCUT2D eigenvalue weighted by molar-refractivity contribution is -0.918. The normalized spacial score (nSPS) is 27.8. The van der Waals surface area contributed by atoms with Crippen LogP contribution in [0.5, 0.6) is 0 Å². The minimum atomic E-state index is -0.103. The van der Waals surface area contributed by atoms with Crippen molar-refractivity contribution in [3.05, 3.63) is 35.9 Å². The molecule has 1 aromatic rings. The van der Waals surface area contributed by atoms with Gasteiger partial charge in [0, 0.05) is 24.4 Å². The topological polar surface area (TPSA) is 64.3 Å². The second-order valence-corrected chi connectivity index (χ2v) is 8.23. The molecular formula is C22H35N3O3+2. The number of ether oxygens (including phenoxy) is 1. The van der Waals surface area contributed by atoms with Crippen molar-refractivity contribution in [3.63, 3.8) is 0 Å². The van der Waals surface area contributed by atoms with Gasteiger partial charge in [0.15, 0.2) is 6.54 Å². The van der Waals surface area contributed by atoms with Gasteiger partial charge in [-0.1, -0.05) is 30.3 Å². The zero-order chi connectivity index (χ0) is 19.8. The van der Waals surface area contributed by atoms with Crippen LogP contribution in [0.4, 0.5) is 0 Å². The van der Waals surface area contributed by atoms with Crippen molar-refractivity contribution in [1.82, 2.24) is 5.32 Å². The van der Waals surface area contributed by atoms with Crippen molar-refractivity contribution in [3.8, 4) is 0 Å². The van der Waals surface area contributed by atoms with Crippen LogP contribution in [-0.2, 0) is 20.9 Å². The molecule has 6 heteroatoms. The first kappa shape index (κ1) is 20.8. The van der Waals surface area contributed by atoms with E-state index in [0.29, 0.717) is 19.7 Å². The van der Waals surface area contributed by atoms with Gasteiger partial charge >= 0.3 is 5.97 Å². The minimum Gasteiger partial charge on any atom is -0.466 e. The maximum atomic E-state index is 12.5. The molecule has 2 saturated heterocycles. The molecule has 0 aromatic heterocycles. The Morgan fingerprint density at radius 2 is 1.82 bits per heavy atom. The lowest BCUT2D eigenvalue weighted by Gasteiger charge is -2.31. The molecule has 2 aliphatic rings. The molecule has 1 unspecified atom stereocenters. The Morgan fingerprint density at radius 3 is 2.54 bits per heavy atom. The third kappa shape index (κ3) is 6.31. The van der Waals surface area contributed by atoms with E-state index in [4.69, 9.17) is 4.74 Å². The number of carbonyl (C=O) groups excluding carboxylic acids is 2. The number of nitrogens with one attached hydrogen (secondary N) is 3. The zero-order valence-electron chi connectivity index (χ0n) is 17.0. The van der Waals surface area contributed by atoms with Crippen LogP contribution in [0.2, 0.25) is 0 Å². The van der Waals surface area contributed by atoms with Crippen molar-refractivity contribution < 1.29 is 24.1 Å². The molecule has 3 N–H and O–H groups in total. The van der Waals surface area contributed by atoms with E-state index >= 15 is 0 Å². The van der Waals surface area contributed by atoms with Gasteiger partial charge < -0.3 is 19.9 Å². The maximum Gasteiger partial charge on any atom is 0.314 e. The maximum absolute atomic E-state index is 12.5. The fourth-order valence-electron chi connectivity index (χ4n) is 4.51. The molecule has 0 spiro atoms. The molecule has 1 aromatic carbocycles. The average Bonchev–Trinajstić information content (AvgIpc) is 2.70. The molecule has 0 aliphatic carbocycles. The number of likely N-dealkylation sites (tertiary alicyclic amines) is 2. The molecule has 3 rings (SSSR count). The number of amides is 1. The number of quaternary nitrogens is 2. The second-order valence-electron chi connectivity index (χ2n) is 8.23. The fraction of sp³-hybridized carbons (Fsp3) is 0.636.